The van der Waals surface area contributed by atoms with Gasteiger partial charge in [0.2, 0.25) is 5.91 Å². The number of ether oxygens (including phenoxy) is 1. The minimum absolute atomic E-state index is 0.0872. The van der Waals surface area contributed by atoms with Crippen LogP contribution in [-0.2, 0) is 20.9 Å². The SMILES string of the molecule is COC(=O)Cn1c(SCC(=O)N[C@@H]2CCCC[C@H]2C)nc2ccccc2c1=O. The molecule has 1 saturated carbocycles. The normalized spacial score (nSPS) is 19.4. The summed E-state index contributed by atoms with van der Waals surface area (Å²) in [6.07, 6.45) is 4.47. The maximum Gasteiger partial charge on any atom is 0.325 e. The smallest absolute Gasteiger partial charge is 0.325 e. The highest BCUT2D eigenvalue weighted by atomic mass is 32.2. The molecule has 1 aliphatic carbocycles. The van der Waals surface area contributed by atoms with Crippen LogP contribution in [0.4, 0.5) is 0 Å². The summed E-state index contributed by atoms with van der Waals surface area (Å²) in [7, 11) is 1.27. The van der Waals surface area contributed by atoms with E-state index in [1.807, 2.05) is 0 Å². The Hall–Kier alpha value is -2.35. The molecule has 0 aliphatic heterocycles. The van der Waals surface area contributed by atoms with E-state index in [-0.39, 0.29) is 29.8 Å². The molecule has 1 aromatic carbocycles. The molecule has 2 aromatic rings. The Morgan fingerprint density at radius 2 is 2.04 bits per heavy atom. The minimum Gasteiger partial charge on any atom is -0.468 e. The number of nitrogens with zero attached hydrogens (tertiary/aromatic N) is 2. The average molecular weight is 404 g/mol. The summed E-state index contributed by atoms with van der Waals surface area (Å²) in [6, 6.07) is 7.16. The summed E-state index contributed by atoms with van der Waals surface area (Å²) in [5.74, 6) is -0.0221. The first-order valence-corrected chi connectivity index (χ1v) is 10.5. The van der Waals surface area contributed by atoms with Gasteiger partial charge in [0.1, 0.15) is 6.54 Å². The van der Waals surface area contributed by atoms with Crippen molar-refractivity contribution in [2.24, 2.45) is 5.92 Å². The summed E-state index contributed by atoms with van der Waals surface area (Å²) >= 11 is 1.16. The van der Waals surface area contributed by atoms with Crippen molar-refractivity contribution in [1.29, 1.82) is 0 Å². The zero-order chi connectivity index (χ0) is 20.1. The van der Waals surface area contributed by atoms with Crippen molar-refractivity contribution in [2.75, 3.05) is 12.9 Å². The van der Waals surface area contributed by atoms with Gasteiger partial charge in [-0.1, -0.05) is 43.7 Å². The predicted octanol–water partition coefficient (Wildman–Crippen LogP) is 2.36. The molecule has 150 valence electrons. The number of fused-ring (bicyclic) bond motifs is 1. The molecule has 2 atom stereocenters. The molecule has 7 nitrogen and oxygen atoms in total. The van der Waals surface area contributed by atoms with Crippen LogP contribution < -0.4 is 10.9 Å². The number of rotatable bonds is 6. The van der Waals surface area contributed by atoms with Crippen molar-refractivity contribution in [3.8, 4) is 0 Å². The second kappa shape index (κ2) is 9.23. The molecule has 0 unspecified atom stereocenters. The lowest BCUT2D eigenvalue weighted by molar-refractivity contribution is -0.141. The quantitative estimate of drug-likeness (QED) is 0.452. The van der Waals surface area contributed by atoms with Gasteiger partial charge in [0.15, 0.2) is 5.16 Å². The van der Waals surface area contributed by atoms with E-state index in [4.69, 9.17) is 4.74 Å². The van der Waals surface area contributed by atoms with Gasteiger partial charge in [-0.15, -0.1) is 0 Å². The number of carbonyl (C=O) groups excluding carboxylic acids is 2. The van der Waals surface area contributed by atoms with Crippen LogP contribution in [0.5, 0.6) is 0 Å². The molecule has 1 amide bonds. The second-order valence-corrected chi connectivity index (χ2v) is 8.05. The number of para-hydroxylation sites is 1. The van der Waals surface area contributed by atoms with Crippen molar-refractivity contribution in [3.63, 3.8) is 0 Å². The number of benzene rings is 1. The van der Waals surface area contributed by atoms with Crippen LogP contribution in [0.25, 0.3) is 10.9 Å². The monoisotopic (exact) mass is 403 g/mol. The number of methoxy groups -OCH3 is 1. The van der Waals surface area contributed by atoms with Gasteiger partial charge in [-0.3, -0.25) is 19.0 Å². The summed E-state index contributed by atoms with van der Waals surface area (Å²) in [4.78, 5) is 41.5. The summed E-state index contributed by atoms with van der Waals surface area (Å²) < 4.78 is 5.97. The lowest BCUT2D eigenvalue weighted by atomic mass is 9.86. The Morgan fingerprint density at radius 3 is 2.79 bits per heavy atom. The first-order chi connectivity index (χ1) is 13.5. The minimum atomic E-state index is -0.540. The van der Waals surface area contributed by atoms with E-state index < -0.39 is 5.97 Å². The maximum atomic E-state index is 12.8. The zero-order valence-electron chi connectivity index (χ0n) is 16.1. The van der Waals surface area contributed by atoms with Gasteiger partial charge in [0.25, 0.3) is 5.56 Å². The predicted molar refractivity (Wildman–Crippen MR) is 108 cm³/mol. The van der Waals surface area contributed by atoms with Crippen LogP contribution in [0.1, 0.15) is 32.6 Å². The van der Waals surface area contributed by atoms with Gasteiger partial charge in [0.05, 0.1) is 23.8 Å². The number of esters is 1. The van der Waals surface area contributed by atoms with E-state index >= 15 is 0 Å². The molecule has 0 radical (unpaired) electrons. The van der Waals surface area contributed by atoms with Crippen molar-refractivity contribution in [1.82, 2.24) is 14.9 Å². The molecule has 1 fully saturated rings. The van der Waals surface area contributed by atoms with E-state index in [0.717, 1.165) is 31.0 Å². The zero-order valence-corrected chi connectivity index (χ0v) is 17.0. The third kappa shape index (κ3) is 4.73. The van der Waals surface area contributed by atoms with Crippen molar-refractivity contribution >= 4 is 34.5 Å². The lowest BCUT2D eigenvalue weighted by Gasteiger charge is -2.29. The highest BCUT2D eigenvalue weighted by molar-refractivity contribution is 7.99. The van der Waals surface area contributed by atoms with Gasteiger partial charge in [-0.2, -0.15) is 0 Å². The van der Waals surface area contributed by atoms with Gasteiger partial charge in [-0.25, -0.2) is 4.98 Å². The number of hydrogen-bond donors (Lipinski definition) is 1. The number of amides is 1. The van der Waals surface area contributed by atoms with Crippen LogP contribution in [0.15, 0.2) is 34.2 Å². The Kier molecular flexibility index (Phi) is 6.72. The van der Waals surface area contributed by atoms with Crippen LogP contribution in [0.2, 0.25) is 0 Å². The fourth-order valence-electron chi connectivity index (χ4n) is 3.50. The molecular weight excluding hydrogens is 378 g/mol. The highest BCUT2D eigenvalue weighted by Crippen LogP contribution is 2.24. The second-order valence-electron chi connectivity index (χ2n) is 7.10. The van der Waals surface area contributed by atoms with Crippen LogP contribution in [0, 0.1) is 5.92 Å². The van der Waals surface area contributed by atoms with Crippen molar-refractivity contribution in [2.45, 2.75) is 50.4 Å². The number of carbonyl (C=O) groups is 2. The number of nitrogens with one attached hydrogen (secondary N) is 1. The Labute approximate surface area is 167 Å². The van der Waals surface area contributed by atoms with E-state index in [2.05, 4.69) is 17.2 Å². The largest absolute Gasteiger partial charge is 0.468 e. The average Bonchev–Trinajstić information content (AvgIpc) is 2.70. The maximum absolute atomic E-state index is 12.8. The number of hydrogen-bond acceptors (Lipinski definition) is 6. The molecule has 0 saturated heterocycles. The van der Waals surface area contributed by atoms with Crippen LogP contribution in [0.3, 0.4) is 0 Å². The Bertz CT molecular complexity index is 927. The first kappa shape index (κ1) is 20.4. The van der Waals surface area contributed by atoms with Crippen molar-refractivity contribution in [3.05, 3.63) is 34.6 Å². The molecule has 0 bridgehead atoms. The third-order valence-corrected chi connectivity index (χ3v) is 6.11. The molecule has 8 heteroatoms. The fraction of sp³-hybridized carbons (Fsp3) is 0.500. The van der Waals surface area contributed by atoms with Gasteiger partial charge in [0, 0.05) is 6.04 Å². The molecule has 1 aromatic heterocycles. The third-order valence-electron chi connectivity index (χ3n) is 5.13. The van der Waals surface area contributed by atoms with Gasteiger partial charge < -0.3 is 10.1 Å². The summed E-state index contributed by atoms with van der Waals surface area (Å²) in [5, 5.41) is 3.86. The van der Waals surface area contributed by atoms with Crippen molar-refractivity contribution < 1.29 is 14.3 Å². The van der Waals surface area contributed by atoms with Crippen LogP contribution in [-0.4, -0.2) is 40.3 Å². The van der Waals surface area contributed by atoms with Gasteiger partial charge >= 0.3 is 5.97 Å². The first-order valence-electron chi connectivity index (χ1n) is 9.48. The van der Waals surface area contributed by atoms with E-state index in [1.165, 1.54) is 18.1 Å². The lowest BCUT2D eigenvalue weighted by Crippen LogP contribution is -2.42. The van der Waals surface area contributed by atoms with E-state index in [9.17, 15) is 14.4 Å². The molecular formula is C20H25N3O4S. The molecule has 1 N–H and O–H groups in total. The Morgan fingerprint density at radius 1 is 1.29 bits per heavy atom. The molecule has 1 aliphatic rings. The summed E-state index contributed by atoms with van der Waals surface area (Å²) in [6.45, 7) is 1.92. The molecule has 1 heterocycles. The van der Waals surface area contributed by atoms with Gasteiger partial charge in [-0.05, 0) is 30.9 Å². The number of aromatic nitrogens is 2. The molecule has 0 spiro atoms. The molecule has 3 rings (SSSR count). The topological polar surface area (TPSA) is 90.3 Å². The number of thioether (sulfide) groups is 1. The molecule has 28 heavy (non-hydrogen) atoms. The standard InChI is InChI=1S/C20H25N3O4S/c1-13-7-3-5-9-15(13)21-17(24)12-28-20-22-16-10-6-4-8-14(16)19(26)23(20)11-18(25)27-2/h4,6,8,10,13,15H,3,5,7,9,11-12H2,1-2H3,(H,21,24)/t13-,15-/m1/s1. The summed E-state index contributed by atoms with van der Waals surface area (Å²) in [5.41, 5.74) is 0.220. The fourth-order valence-corrected chi connectivity index (χ4v) is 4.31. The highest BCUT2D eigenvalue weighted by Gasteiger charge is 2.23. The van der Waals surface area contributed by atoms with E-state index in [1.54, 1.807) is 24.3 Å². The van der Waals surface area contributed by atoms with E-state index in [0.29, 0.717) is 22.0 Å². The van der Waals surface area contributed by atoms with Crippen LogP contribution >= 0.6 is 11.8 Å². The Balaban J connectivity index is 1.78.